The van der Waals surface area contributed by atoms with Crippen molar-refractivity contribution in [3.8, 4) is 0 Å². The van der Waals surface area contributed by atoms with Crippen LogP contribution in [0.1, 0.15) is 42.5 Å². The third kappa shape index (κ3) is 6.33. The summed E-state index contributed by atoms with van der Waals surface area (Å²) in [5, 5.41) is 19.7. The maximum absolute atomic E-state index is 13.7. The molecule has 0 aromatic heterocycles. The number of anilines is 1. The molecule has 38 heavy (non-hydrogen) atoms. The summed E-state index contributed by atoms with van der Waals surface area (Å²) in [4.78, 5) is 42.0. The summed E-state index contributed by atoms with van der Waals surface area (Å²) in [7, 11) is -3.27. The Morgan fingerprint density at radius 3 is 2.11 bits per heavy atom. The molecule has 0 unspecified atom stereocenters. The van der Waals surface area contributed by atoms with Crippen LogP contribution in [0.25, 0.3) is 0 Å². The standard InChI is InChI=1S/C25H36N6O6S/c1-38(36,37)30-12-10-29(11-13-30)20-14-21(23(32)28-19-8-6-18(7-9-19)25(34)35)31(15-20)24(33)17-4-2-16(3-5-17)22(26)27/h6-9,16-17,20-21H,2-5,10-15H2,1H3,(H3,26,27)(H,28,32)(H,34,35)/t16-,17-,20-,21-/m0/s1. The van der Waals surface area contributed by atoms with Crippen molar-refractivity contribution in [3.05, 3.63) is 29.8 Å². The van der Waals surface area contributed by atoms with Gasteiger partial charge < -0.3 is 21.1 Å². The number of piperazine rings is 1. The second-order valence-electron chi connectivity index (χ2n) is 10.5. The number of carbonyl (C=O) groups excluding carboxylic acids is 2. The minimum atomic E-state index is -3.27. The quantitative estimate of drug-likeness (QED) is 0.283. The second-order valence-corrected chi connectivity index (χ2v) is 12.5. The molecule has 13 heteroatoms. The molecule has 0 bridgehead atoms. The number of amidine groups is 1. The minimum Gasteiger partial charge on any atom is -0.478 e. The molecule has 1 saturated carbocycles. The molecule has 2 amide bonds. The highest BCUT2D eigenvalue weighted by molar-refractivity contribution is 7.88. The summed E-state index contributed by atoms with van der Waals surface area (Å²) in [5.74, 6) is -1.58. The van der Waals surface area contributed by atoms with Crippen LogP contribution in [0, 0.1) is 17.2 Å². The lowest BCUT2D eigenvalue weighted by Gasteiger charge is -2.37. The second kappa shape index (κ2) is 11.4. The van der Waals surface area contributed by atoms with E-state index in [0.717, 1.165) is 0 Å². The van der Waals surface area contributed by atoms with E-state index in [4.69, 9.17) is 16.2 Å². The Morgan fingerprint density at radius 2 is 1.58 bits per heavy atom. The maximum atomic E-state index is 13.7. The van der Waals surface area contributed by atoms with Gasteiger partial charge in [0.25, 0.3) is 0 Å². The number of likely N-dealkylation sites (tertiary alicyclic amines) is 1. The molecule has 0 radical (unpaired) electrons. The van der Waals surface area contributed by atoms with Crippen molar-refractivity contribution in [2.45, 2.75) is 44.2 Å². The zero-order valence-electron chi connectivity index (χ0n) is 21.5. The van der Waals surface area contributed by atoms with Gasteiger partial charge in [-0.25, -0.2) is 13.2 Å². The lowest BCUT2D eigenvalue weighted by atomic mass is 9.80. The molecular weight excluding hydrogens is 512 g/mol. The summed E-state index contributed by atoms with van der Waals surface area (Å²) in [6.07, 6.45) is 4.19. The number of hydrogen-bond donors (Lipinski definition) is 4. The van der Waals surface area contributed by atoms with E-state index in [2.05, 4.69) is 10.2 Å². The van der Waals surface area contributed by atoms with Crippen molar-refractivity contribution in [1.29, 1.82) is 5.41 Å². The predicted molar refractivity (Wildman–Crippen MR) is 141 cm³/mol. The third-order valence-electron chi connectivity index (χ3n) is 8.04. The lowest BCUT2D eigenvalue weighted by Crippen LogP contribution is -2.52. The summed E-state index contributed by atoms with van der Waals surface area (Å²) >= 11 is 0. The smallest absolute Gasteiger partial charge is 0.335 e. The van der Waals surface area contributed by atoms with Crippen LogP contribution >= 0.6 is 0 Å². The largest absolute Gasteiger partial charge is 0.478 e. The molecular formula is C25H36N6O6S. The number of amides is 2. The van der Waals surface area contributed by atoms with Gasteiger partial charge in [-0.1, -0.05) is 0 Å². The Hall–Kier alpha value is -3.03. The van der Waals surface area contributed by atoms with E-state index in [0.29, 0.717) is 70.5 Å². The Balaban J connectivity index is 1.48. The van der Waals surface area contributed by atoms with Crippen molar-refractivity contribution in [2.75, 3.05) is 44.3 Å². The number of hydrogen-bond acceptors (Lipinski definition) is 7. The fourth-order valence-corrected chi connectivity index (χ4v) is 6.60. The average molecular weight is 549 g/mol. The molecule has 2 heterocycles. The van der Waals surface area contributed by atoms with Crippen LogP contribution in [0.4, 0.5) is 5.69 Å². The molecule has 0 spiro atoms. The van der Waals surface area contributed by atoms with Crippen LogP contribution in [0.5, 0.6) is 0 Å². The third-order valence-corrected chi connectivity index (χ3v) is 9.34. The zero-order valence-corrected chi connectivity index (χ0v) is 22.3. The van der Waals surface area contributed by atoms with E-state index in [1.807, 2.05) is 0 Å². The normalized spacial score (nSPS) is 27.1. The van der Waals surface area contributed by atoms with Gasteiger partial charge in [0.1, 0.15) is 6.04 Å². The van der Waals surface area contributed by atoms with E-state index >= 15 is 0 Å². The molecule has 2 saturated heterocycles. The van der Waals surface area contributed by atoms with Gasteiger partial charge in [0.15, 0.2) is 0 Å². The fourth-order valence-electron chi connectivity index (χ4n) is 5.78. The Labute approximate surface area is 222 Å². The number of carboxylic acid groups (broad SMARTS) is 1. The molecule has 208 valence electrons. The first-order valence-electron chi connectivity index (χ1n) is 12.9. The first kappa shape index (κ1) is 28.0. The topological polar surface area (TPSA) is 177 Å². The molecule has 12 nitrogen and oxygen atoms in total. The highest BCUT2D eigenvalue weighted by Crippen LogP contribution is 2.33. The lowest BCUT2D eigenvalue weighted by molar-refractivity contribution is -0.141. The van der Waals surface area contributed by atoms with Crippen LogP contribution in [0.15, 0.2) is 24.3 Å². The first-order valence-corrected chi connectivity index (χ1v) is 14.8. The average Bonchev–Trinajstić information content (AvgIpc) is 3.34. The van der Waals surface area contributed by atoms with Gasteiger partial charge in [-0.15, -0.1) is 0 Å². The Bertz CT molecular complexity index is 1170. The molecule has 1 aliphatic carbocycles. The van der Waals surface area contributed by atoms with Crippen LogP contribution in [-0.4, -0.2) is 102 Å². The van der Waals surface area contributed by atoms with Crippen molar-refractivity contribution < 1.29 is 27.9 Å². The number of nitrogens with zero attached hydrogens (tertiary/aromatic N) is 3. The van der Waals surface area contributed by atoms with Gasteiger partial charge in [-0.2, -0.15) is 4.31 Å². The zero-order chi connectivity index (χ0) is 27.6. The number of nitrogens with two attached hydrogens (primary N) is 1. The Kier molecular flexibility index (Phi) is 8.38. The van der Waals surface area contributed by atoms with Gasteiger partial charge in [0.05, 0.1) is 17.7 Å². The number of aromatic carboxylic acids is 1. The van der Waals surface area contributed by atoms with E-state index in [1.165, 1.54) is 34.8 Å². The van der Waals surface area contributed by atoms with Gasteiger partial charge in [0.2, 0.25) is 21.8 Å². The highest BCUT2D eigenvalue weighted by Gasteiger charge is 2.44. The first-order chi connectivity index (χ1) is 17.9. The molecule has 2 aliphatic heterocycles. The number of benzene rings is 1. The van der Waals surface area contributed by atoms with Gasteiger partial charge >= 0.3 is 5.97 Å². The van der Waals surface area contributed by atoms with Gasteiger partial charge in [0, 0.05) is 56.3 Å². The molecule has 2 atom stereocenters. The number of carbonyl (C=O) groups is 3. The fraction of sp³-hybridized carbons (Fsp3) is 0.600. The molecule has 3 aliphatic rings. The van der Waals surface area contributed by atoms with Crippen LogP contribution in [0.2, 0.25) is 0 Å². The van der Waals surface area contributed by atoms with Crippen molar-refractivity contribution in [3.63, 3.8) is 0 Å². The van der Waals surface area contributed by atoms with Crippen molar-refractivity contribution >= 4 is 39.3 Å². The van der Waals surface area contributed by atoms with Gasteiger partial charge in [-0.05, 0) is 56.4 Å². The van der Waals surface area contributed by atoms with Crippen molar-refractivity contribution in [2.24, 2.45) is 17.6 Å². The van der Waals surface area contributed by atoms with E-state index in [1.54, 1.807) is 4.90 Å². The maximum Gasteiger partial charge on any atom is 0.335 e. The number of carboxylic acids is 1. The number of sulfonamides is 1. The monoisotopic (exact) mass is 548 g/mol. The number of rotatable bonds is 7. The molecule has 3 fully saturated rings. The van der Waals surface area contributed by atoms with Gasteiger partial charge in [-0.3, -0.25) is 19.9 Å². The molecule has 1 aromatic rings. The number of nitrogens with one attached hydrogen (secondary N) is 2. The molecule has 5 N–H and O–H groups in total. The summed E-state index contributed by atoms with van der Waals surface area (Å²) < 4.78 is 25.3. The van der Waals surface area contributed by atoms with Crippen LogP contribution < -0.4 is 11.1 Å². The van der Waals surface area contributed by atoms with E-state index in [-0.39, 0.29) is 41.1 Å². The SMILES string of the molecule is CS(=O)(=O)N1CCN([C@H]2C[C@@H](C(=O)Nc3ccc(C(=O)O)cc3)N(C(=O)[C@H]3CC[C@H](C(=N)N)CC3)C2)CC1. The predicted octanol–water partition coefficient (Wildman–Crippen LogP) is 0.612. The summed E-state index contributed by atoms with van der Waals surface area (Å²) in [6, 6.07) is 5.07. The van der Waals surface area contributed by atoms with E-state index < -0.39 is 22.0 Å². The molecule has 4 rings (SSSR count). The van der Waals surface area contributed by atoms with Crippen LogP contribution in [-0.2, 0) is 19.6 Å². The van der Waals surface area contributed by atoms with Crippen LogP contribution in [0.3, 0.4) is 0 Å². The summed E-state index contributed by atoms with van der Waals surface area (Å²) in [5.41, 5.74) is 6.22. The highest BCUT2D eigenvalue weighted by atomic mass is 32.2. The minimum absolute atomic E-state index is 0.00983. The molecule has 1 aromatic carbocycles. The Morgan fingerprint density at radius 1 is 1.00 bits per heavy atom. The summed E-state index contributed by atoms with van der Waals surface area (Å²) in [6.45, 7) is 2.15. The van der Waals surface area contributed by atoms with Crippen molar-refractivity contribution in [1.82, 2.24) is 14.1 Å². The van der Waals surface area contributed by atoms with E-state index in [9.17, 15) is 22.8 Å².